The fourth-order valence-corrected chi connectivity index (χ4v) is 3.47. The van der Waals surface area contributed by atoms with Crippen LogP contribution in [0.3, 0.4) is 0 Å². The van der Waals surface area contributed by atoms with Crippen molar-refractivity contribution in [1.29, 1.82) is 0 Å². The molecule has 11 heteroatoms. The van der Waals surface area contributed by atoms with E-state index in [1.54, 1.807) is 35.6 Å². The van der Waals surface area contributed by atoms with Gasteiger partial charge in [-0.15, -0.1) is 0 Å². The summed E-state index contributed by atoms with van der Waals surface area (Å²) < 4.78 is 43.4. The van der Waals surface area contributed by atoms with E-state index in [0.717, 1.165) is 5.39 Å². The molecule has 1 aliphatic carbocycles. The average molecular weight is 408 g/mol. The number of alkyl halides is 3. The number of nitrogens with zero attached hydrogens (tertiary/aromatic N) is 4. The number of carbonyl (C=O) groups is 1. The number of hydrogen-bond acceptors (Lipinski definition) is 5. The van der Waals surface area contributed by atoms with Crippen LogP contribution in [0.4, 0.5) is 13.2 Å². The van der Waals surface area contributed by atoms with Gasteiger partial charge in [0, 0.05) is 23.8 Å². The molecule has 3 aromatic heterocycles. The first-order valence-corrected chi connectivity index (χ1v) is 9.21. The minimum atomic E-state index is -4.33. The summed E-state index contributed by atoms with van der Waals surface area (Å²) >= 11 is 0. The second-order valence-corrected chi connectivity index (χ2v) is 7.01. The van der Waals surface area contributed by atoms with E-state index >= 15 is 0 Å². The summed E-state index contributed by atoms with van der Waals surface area (Å²) in [4.78, 5) is 21.3. The highest BCUT2D eigenvalue weighted by atomic mass is 19.4. The van der Waals surface area contributed by atoms with Gasteiger partial charge in [-0.05, 0) is 31.7 Å². The summed E-state index contributed by atoms with van der Waals surface area (Å²) in [6.45, 7) is -1.24. The Morgan fingerprint density at radius 1 is 1.31 bits per heavy atom. The van der Waals surface area contributed by atoms with Crippen molar-refractivity contribution in [3.05, 3.63) is 36.7 Å². The van der Waals surface area contributed by atoms with Gasteiger partial charge < -0.3 is 10.1 Å². The van der Waals surface area contributed by atoms with E-state index in [0.29, 0.717) is 37.0 Å². The van der Waals surface area contributed by atoms with Crippen LogP contribution in [0.5, 0.6) is 0 Å². The average Bonchev–Trinajstić information content (AvgIpc) is 3.37. The van der Waals surface area contributed by atoms with Crippen molar-refractivity contribution in [2.75, 3.05) is 6.61 Å². The number of rotatable bonds is 5. The number of imidazole rings is 1. The maximum Gasteiger partial charge on any atom is 0.411 e. The van der Waals surface area contributed by atoms with Crippen molar-refractivity contribution in [3.63, 3.8) is 0 Å². The fraction of sp³-hybridized carbons (Fsp3) is 0.444. The van der Waals surface area contributed by atoms with E-state index < -0.39 is 18.9 Å². The van der Waals surface area contributed by atoms with Gasteiger partial charge in [-0.25, -0.2) is 9.97 Å². The number of pyridine rings is 1. The number of ether oxygens (including phenoxy) is 1. The molecule has 1 saturated carbocycles. The number of hydrogen-bond donors (Lipinski definition) is 2. The molecule has 0 unspecified atom stereocenters. The number of aromatic nitrogens is 5. The molecule has 2 N–H and O–H groups in total. The molecule has 29 heavy (non-hydrogen) atoms. The third-order valence-electron chi connectivity index (χ3n) is 4.89. The smallest absolute Gasteiger partial charge is 0.369 e. The molecule has 8 nitrogen and oxygen atoms in total. The first-order valence-electron chi connectivity index (χ1n) is 9.21. The number of nitrogens with one attached hydrogen (secondary N) is 2. The van der Waals surface area contributed by atoms with Crippen molar-refractivity contribution >= 4 is 16.8 Å². The van der Waals surface area contributed by atoms with Gasteiger partial charge in [-0.3, -0.25) is 14.5 Å². The molecule has 0 saturated heterocycles. The van der Waals surface area contributed by atoms with Gasteiger partial charge in [0.25, 0.3) is 5.91 Å². The van der Waals surface area contributed by atoms with E-state index in [4.69, 9.17) is 4.74 Å². The minimum Gasteiger partial charge on any atom is -0.369 e. The van der Waals surface area contributed by atoms with Crippen molar-refractivity contribution < 1.29 is 22.7 Å². The maximum absolute atomic E-state index is 12.9. The molecule has 4 rings (SSSR count). The predicted octanol–water partition coefficient (Wildman–Crippen LogP) is 2.76. The number of H-pyrrole nitrogens is 1. The van der Waals surface area contributed by atoms with Crippen molar-refractivity contribution in [2.24, 2.45) is 0 Å². The summed E-state index contributed by atoms with van der Waals surface area (Å²) in [5, 5.41) is 10.4. The second kappa shape index (κ2) is 7.82. The van der Waals surface area contributed by atoms with Gasteiger partial charge in [0.15, 0.2) is 5.69 Å². The van der Waals surface area contributed by atoms with Gasteiger partial charge in [0.1, 0.15) is 18.8 Å². The summed E-state index contributed by atoms with van der Waals surface area (Å²) in [5.41, 5.74) is 0.729. The van der Waals surface area contributed by atoms with Crippen LogP contribution in [0.2, 0.25) is 0 Å². The zero-order valence-corrected chi connectivity index (χ0v) is 15.3. The predicted molar refractivity (Wildman–Crippen MR) is 96.5 cm³/mol. The topological polar surface area (TPSA) is 97.7 Å². The lowest BCUT2D eigenvalue weighted by molar-refractivity contribution is -0.188. The van der Waals surface area contributed by atoms with E-state index in [1.807, 2.05) is 0 Å². The molecule has 0 aliphatic heterocycles. The lowest BCUT2D eigenvalue weighted by Gasteiger charge is -2.29. The van der Waals surface area contributed by atoms with Crippen LogP contribution < -0.4 is 5.32 Å². The third kappa shape index (κ3) is 4.56. The summed E-state index contributed by atoms with van der Waals surface area (Å²) in [6.07, 6.45) is 3.77. The van der Waals surface area contributed by atoms with Crippen molar-refractivity contribution in [1.82, 2.24) is 30.0 Å². The van der Waals surface area contributed by atoms with Crippen molar-refractivity contribution in [2.45, 2.75) is 44.0 Å². The van der Waals surface area contributed by atoms with Crippen LogP contribution in [0.1, 0.15) is 36.2 Å². The fourth-order valence-electron chi connectivity index (χ4n) is 3.47. The standard InChI is InChI=1S/C18H19F3N6O2/c19-18(20,21)9-29-13-3-1-12(2-4-13)24-17(28)16-15-11(8-23-26-15)7-14(25-16)27-6-5-22-10-27/h5-8,10,12-13H,1-4,9H2,(H,23,26)(H,24,28)/t12-,13+. The molecule has 0 spiro atoms. The lowest BCUT2D eigenvalue weighted by atomic mass is 9.93. The van der Waals surface area contributed by atoms with E-state index in [2.05, 4.69) is 25.5 Å². The number of aromatic amines is 1. The molecule has 154 valence electrons. The molecule has 1 aliphatic rings. The summed E-state index contributed by atoms with van der Waals surface area (Å²) in [6, 6.07) is 1.64. The van der Waals surface area contributed by atoms with E-state index in [1.165, 1.54) is 0 Å². The van der Waals surface area contributed by atoms with Gasteiger partial charge in [0.2, 0.25) is 0 Å². The van der Waals surface area contributed by atoms with Crippen LogP contribution in [-0.4, -0.2) is 55.6 Å². The third-order valence-corrected chi connectivity index (χ3v) is 4.89. The summed E-state index contributed by atoms with van der Waals surface area (Å²) in [7, 11) is 0. The molecule has 0 atom stereocenters. The van der Waals surface area contributed by atoms with Crippen LogP contribution >= 0.6 is 0 Å². The molecule has 1 amide bonds. The first-order chi connectivity index (χ1) is 13.9. The molecule has 3 heterocycles. The van der Waals surface area contributed by atoms with Gasteiger partial charge in [-0.2, -0.15) is 18.3 Å². The maximum atomic E-state index is 12.9. The van der Waals surface area contributed by atoms with Gasteiger partial charge in [-0.1, -0.05) is 0 Å². The van der Waals surface area contributed by atoms with Crippen LogP contribution in [0.25, 0.3) is 16.7 Å². The Kier molecular flexibility index (Phi) is 5.22. The Bertz CT molecular complexity index is 977. The molecular weight excluding hydrogens is 389 g/mol. The van der Waals surface area contributed by atoms with Crippen molar-refractivity contribution in [3.8, 4) is 5.82 Å². The normalized spacial score (nSPS) is 20.1. The lowest BCUT2D eigenvalue weighted by Crippen LogP contribution is -2.40. The Morgan fingerprint density at radius 2 is 2.10 bits per heavy atom. The number of halogens is 3. The van der Waals surface area contributed by atoms with Crippen LogP contribution in [-0.2, 0) is 4.74 Å². The quantitative estimate of drug-likeness (QED) is 0.677. The Morgan fingerprint density at radius 3 is 2.79 bits per heavy atom. The summed E-state index contributed by atoms with van der Waals surface area (Å²) in [5.74, 6) is 0.173. The molecule has 1 fully saturated rings. The number of carbonyl (C=O) groups excluding carboxylic acids is 1. The molecule has 3 aromatic rings. The number of amides is 1. The highest BCUT2D eigenvalue weighted by molar-refractivity contribution is 6.04. The highest BCUT2D eigenvalue weighted by Crippen LogP contribution is 2.25. The zero-order chi connectivity index (χ0) is 20.4. The minimum absolute atomic E-state index is 0.148. The monoisotopic (exact) mass is 408 g/mol. The molecule has 0 bridgehead atoms. The Balaban J connectivity index is 1.43. The first kappa shape index (κ1) is 19.4. The molecular formula is C18H19F3N6O2. The van der Waals surface area contributed by atoms with Crippen LogP contribution in [0.15, 0.2) is 31.0 Å². The van der Waals surface area contributed by atoms with Crippen LogP contribution in [0, 0.1) is 0 Å². The van der Waals surface area contributed by atoms with Gasteiger partial charge in [0.05, 0.1) is 17.8 Å². The largest absolute Gasteiger partial charge is 0.411 e. The van der Waals surface area contributed by atoms with E-state index in [9.17, 15) is 18.0 Å². The molecule has 0 radical (unpaired) electrons. The number of fused-ring (bicyclic) bond motifs is 1. The van der Waals surface area contributed by atoms with E-state index in [-0.39, 0.29) is 17.6 Å². The molecule has 0 aromatic carbocycles. The Hall–Kier alpha value is -2.95. The Labute approximate surface area is 163 Å². The highest BCUT2D eigenvalue weighted by Gasteiger charge is 2.31. The SMILES string of the molecule is O=C(N[C@H]1CC[C@@H](OCC(F)(F)F)CC1)c1nc(-n2ccnc2)cc2cn[nH]c12. The zero-order valence-electron chi connectivity index (χ0n) is 15.3. The van der Waals surface area contributed by atoms with Gasteiger partial charge >= 0.3 is 6.18 Å². The second-order valence-electron chi connectivity index (χ2n) is 7.01.